The largest absolute Gasteiger partial charge is 0.383 e. The SMILES string of the molecule is CCc1nc(-c2ccc(Cl)cc2F)c(N)n1C1CC1. The van der Waals surface area contributed by atoms with Crippen LogP contribution < -0.4 is 5.73 Å². The lowest BCUT2D eigenvalue weighted by molar-refractivity contribution is 0.631. The number of imidazole rings is 1. The average Bonchev–Trinajstić information content (AvgIpc) is 3.14. The van der Waals surface area contributed by atoms with E-state index in [0.717, 1.165) is 25.1 Å². The maximum atomic E-state index is 14.0. The van der Waals surface area contributed by atoms with E-state index in [-0.39, 0.29) is 5.82 Å². The molecule has 1 saturated carbocycles. The number of nitrogen functional groups attached to an aromatic ring is 1. The van der Waals surface area contributed by atoms with Crippen molar-refractivity contribution in [3.63, 3.8) is 0 Å². The predicted molar refractivity (Wildman–Crippen MR) is 74.7 cm³/mol. The van der Waals surface area contributed by atoms with Crippen LogP contribution in [-0.4, -0.2) is 9.55 Å². The summed E-state index contributed by atoms with van der Waals surface area (Å²) >= 11 is 5.77. The van der Waals surface area contributed by atoms with Crippen molar-refractivity contribution in [2.75, 3.05) is 5.73 Å². The van der Waals surface area contributed by atoms with Gasteiger partial charge in [0.05, 0.1) is 0 Å². The highest BCUT2D eigenvalue weighted by atomic mass is 35.5. The van der Waals surface area contributed by atoms with E-state index >= 15 is 0 Å². The van der Waals surface area contributed by atoms with Gasteiger partial charge in [-0.05, 0) is 31.0 Å². The van der Waals surface area contributed by atoms with Crippen LogP contribution in [0.2, 0.25) is 5.02 Å². The maximum absolute atomic E-state index is 14.0. The molecule has 0 amide bonds. The number of anilines is 1. The van der Waals surface area contributed by atoms with Crippen molar-refractivity contribution in [2.24, 2.45) is 0 Å². The molecule has 2 aromatic rings. The van der Waals surface area contributed by atoms with Crippen LogP contribution in [0.4, 0.5) is 10.2 Å². The van der Waals surface area contributed by atoms with Crippen LogP contribution in [0, 0.1) is 5.82 Å². The summed E-state index contributed by atoms with van der Waals surface area (Å²) < 4.78 is 16.0. The van der Waals surface area contributed by atoms with E-state index in [9.17, 15) is 4.39 Å². The van der Waals surface area contributed by atoms with Gasteiger partial charge in [-0.2, -0.15) is 0 Å². The van der Waals surface area contributed by atoms with Gasteiger partial charge in [0.15, 0.2) is 0 Å². The summed E-state index contributed by atoms with van der Waals surface area (Å²) in [5.41, 5.74) is 7.10. The van der Waals surface area contributed by atoms with Crippen LogP contribution >= 0.6 is 11.6 Å². The number of aryl methyl sites for hydroxylation is 1. The Kier molecular flexibility index (Phi) is 2.97. The van der Waals surface area contributed by atoms with Crippen molar-refractivity contribution in [3.8, 4) is 11.3 Å². The third kappa shape index (κ3) is 2.10. The van der Waals surface area contributed by atoms with E-state index in [1.807, 2.05) is 11.5 Å². The molecule has 1 aliphatic carbocycles. The summed E-state index contributed by atoms with van der Waals surface area (Å²) in [5.74, 6) is 1.09. The summed E-state index contributed by atoms with van der Waals surface area (Å²) in [5, 5.41) is 0.372. The third-order valence-electron chi connectivity index (χ3n) is 3.44. The lowest BCUT2D eigenvalue weighted by atomic mass is 10.1. The van der Waals surface area contributed by atoms with Gasteiger partial charge in [-0.25, -0.2) is 9.37 Å². The molecule has 5 heteroatoms. The zero-order valence-corrected chi connectivity index (χ0v) is 11.4. The first-order valence-corrected chi connectivity index (χ1v) is 6.81. The number of rotatable bonds is 3. The molecule has 0 unspecified atom stereocenters. The van der Waals surface area contributed by atoms with Crippen LogP contribution in [0.25, 0.3) is 11.3 Å². The van der Waals surface area contributed by atoms with E-state index < -0.39 is 0 Å². The van der Waals surface area contributed by atoms with E-state index in [1.165, 1.54) is 6.07 Å². The van der Waals surface area contributed by atoms with E-state index in [4.69, 9.17) is 17.3 Å². The second-order valence-corrected chi connectivity index (χ2v) is 5.28. The summed E-state index contributed by atoms with van der Waals surface area (Å²) in [4.78, 5) is 4.51. The van der Waals surface area contributed by atoms with Crippen molar-refractivity contribution in [3.05, 3.63) is 34.9 Å². The Balaban J connectivity index is 2.14. The molecule has 2 N–H and O–H groups in total. The molecule has 100 valence electrons. The smallest absolute Gasteiger partial charge is 0.134 e. The van der Waals surface area contributed by atoms with Crippen molar-refractivity contribution in [2.45, 2.75) is 32.2 Å². The van der Waals surface area contributed by atoms with Gasteiger partial charge in [0, 0.05) is 23.0 Å². The van der Waals surface area contributed by atoms with Crippen LogP contribution in [-0.2, 0) is 6.42 Å². The lowest BCUT2D eigenvalue weighted by Gasteiger charge is -2.06. The van der Waals surface area contributed by atoms with Crippen molar-refractivity contribution in [1.82, 2.24) is 9.55 Å². The Morgan fingerprint density at radius 2 is 2.21 bits per heavy atom. The second kappa shape index (κ2) is 4.53. The number of aromatic nitrogens is 2. The normalized spacial score (nSPS) is 14.9. The number of benzene rings is 1. The lowest BCUT2D eigenvalue weighted by Crippen LogP contribution is -2.04. The molecule has 1 aromatic carbocycles. The molecule has 0 spiro atoms. The Hall–Kier alpha value is -1.55. The highest BCUT2D eigenvalue weighted by Gasteiger charge is 2.30. The summed E-state index contributed by atoms with van der Waals surface area (Å²) in [7, 11) is 0. The topological polar surface area (TPSA) is 43.8 Å². The molecule has 0 atom stereocenters. The Morgan fingerprint density at radius 3 is 2.79 bits per heavy atom. The monoisotopic (exact) mass is 279 g/mol. The number of nitrogens with two attached hydrogens (primary N) is 1. The number of hydrogen-bond donors (Lipinski definition) is 1. The van der Waals surface area contributed by atoms with Gasteiger partial charge in [0.2, 0.25) is 0 Å². The van der Waals surface area contributed by atoms with Gasteiger partial charge in [0.1, 0.15) is 23.2 Å². The van der Waals surface area contributed by atoms with Gasteiger partial charge >= 0.3 is 0 Å². The van der Waals surface area contributed by atoms with Crippen molar-refractivity contribution >= 4 is 17.4 Å². The first-order chi connectivity index (χ1) is 9.11. The van der Waals surface area contributed by atoms with Crippen LogP contribution in [0.5, 0.6) is 0 Å². The van der Waals surface area contributed by atoms with Crippen molar-refractivity contribution < 1.29 is 4.39 Å². The minimum atomic E-state index is -0.387. The van der Waals surface area contributed by atoms with Gasteiger partial charge < -0.3 is 10.3 Å². The predicted octanol–water partition coefficient (Wildman–Crippen LogP) is 3.82. The highest BCUT2D eigenvalue weighted by Crippen LogP contribution is 2.41. The molecular weight excluding hydrogens is 265 g/mol. The number of nitrogens with zero attached hydrogens (tertiary/aromatic N) is 2. The highest BCUT2D eigenvalue weighted by molar-refractivity contribution is 6.30. The fraction of sp³-hybridized carbons (Fsp3) is 0.357. The van der Waals surface area contributed by atoms with Crippen LogP contribution in [0.3, 0.4) is 0 Å². The van der Waals surface area contributed by atoms with Gasteiger partial charge in [-0.1, -0.05) is 18.5 Å². The minimum Gasteiger partial charge on any atom is -0.383 e. The van der Waals surface area contributed by atoms with E-state index in [0.29, 0.717) is 28.1 Å². The Bertz CT molecular complexity index is 632. The zero-order valence-electron chi connectivity index (χ0n) is 10.7. The van der Waals surface area contributed by atoms with Gasteiger partial charge in [-0.3, -0.25) is 0 Å². The fourth-order valence-electron chi connectivity index (χ4n) is 2.36. The minimum absolute atomic E-state index is 0.372. The standard InChI is InChI=1S/C14H15ClFN3/c1-2-12-18-13(14(17)19(12)9-4-5-9)10-6-3-8(15)7-11(10)16/h3,6-7,9H,2,4-5,17H2,1H3. The number of hydrogen-bond acceptors (Lipinski definition) is 2. The van der Waals surface area contributed by atoms with Crippen LogP contribution in [0.1, 0.15) is 31.6 Å². The summed E-state index contributed by atoms with van der Waals surface area (Å²) in [6, 6.07) is 5.01. The zero-order chi connectivity index (χ0) is 13.6. The molecule has 1 fully saturated rings. The Morgan fingerprint density at radius 1 is 1.47 bits per heavy atom. The first-order valence-electron chi connectivity index (χ1n) is 6.43. The molecule has 0 radical (unpaired) electrons. The first kappa shape index (κ1) is 12.5. The molecule has 0 saturated heterocycles. The van der Waals surface area contributed by atoms with Crippen LogP contribution in [0.15, 0.2) is 18.2 Å². The average molecular weight is 280 g/mol. The Labute approximate surface area is 116 Å². The molecule has 0 aliphatic heterocycles. The summed E-state index contributed by atoms with van der Waals surface area (Å²) in [6.07, 6.45) is 3.03. The summed E-state index contributed by atoms with van der Waals surface area (Å²) in [6.45, 7) is 2.03. The fourth-order valence-corrected chi connectivity index (χ4v) is 2.52. The number of halogens is 2. The molecule has 19 heavy (non-hydrogen) atoms. The van der Waals surface area contributed by atoms with Gasteiger partial charge in [-0.15, -0.1) is 0 Å². The van der Waals surface area contributed by atoms with E-state index in [1.54, 1.807) is 12.1 Å². The molecule has 0 bridgehead atoms. The van der Waals surface area contributed by atoms with Gasteiger partial charge in [0.25, 0.3) is 0 Å². The van der Waals surface area contributed by atoms with Crippen molar-refractivity contribution in [1.29, 1.82) is 0 Å². The molecule has 1 aliphatic rings. The molecule has 1 heterocycles. The molecular formula is C14H15ClFN3. The molecule has 3 rings (SSSR count). The maximum Gasteiger partial charge on any atom is 0.134 e. The molecule has 1 aromatic heterocycles. The quantitative estimate of drug-likeness (QED) is 0.928. The third-order valence-corrected chi connectivity index (χ3v) is 3.67. The van der Waals surface area contributed by atoms with E-state index in [2.05, 4.69) is 4.98 Å². The second-order valence-electron chi connectivity index (χ2n) is 4.84. The molecule has 3 nitrogen and oxygen atoms in total.